The number of rotatable bonds is 3. The first-order valence-electron chi connectivity index (χ1n) is 6.64. The Morgan fingerprint density at radius 2 is 1.90 bits per heavy atom. The van der Waals surface area contributed by atoms with E-state index >= 15 is 0 Å². The van der Waals surface area contributed by atoms with Crippen LogP contribution in [0.15, 0.2) is 47.6 Å². The molecule has 0 spiro atoms. The SMILES string of the molecule is CC(C)C=NN(C)C(=O)Nc1cccc2ccccc12. The van der Waals surface area contributed by atoms with Crippen LogP contribution in [0.25, 0.3) is 10.8 Å². The summed E-state index contributed by atoms with van der Waals surface area (Å²) in [7, 11) is 1.64. The van der Waals surface area contributed by atoms with Gasteiger partial charge in [0, 0.05) is 18.6 Å². The van der Waals surface area contributed by atoms with Crippen LogP contribution in [0.1, 0.15) is 13.8 Å². The van der Waals surface area contributed by atoms with Gasteiger partial charge in [0.15, 0.2) is 0 Å². The van der Waals surface area contributed by atoms with Crippen LogP contribution >= 0.6 is 0 Å². The summed E-state index contributed by atoms with van der Waals surface area (Å²) in [6.07, 6.45) is 1.74. The summed E-state index contributed by atoms with van der Waals surface area (Å²) < 4.78 is 0. The summed E-state index contributed by atoms with van der Waals surface area (Å²) in [5.74, 6) is 0.308. The number of amides is 2. The van der Waals surface area contributed by atoms with Crippen molar-refractivity contribution >= 4 is 28.7 Å². The summed E-state index contributed by atoms with van der Waals surface area (Å²) >= 11 is 0. The van der Waals surface area contributed by atoms with Gasteiger partial charge in [-0.05, 0) is 17.4 Å². The van der Waals surface area contributed by atoms with E-state index in [1.165, 1.54) is 5.01 Å². The maximum atomic E-state index is 12.1. The maximum Gasteiger partial charge on any atom is 0.341 e. The van der Waals surface area contributed by atoms with E-state index in [1.807, 2.05) is 56.3 Å². The van der Waals surface area contributed by atoms with Gasteiger partial charge in [-0.3, -0.25) is 0 Å². The molecule has 0 bridgehead atoms. The van der Waals surface area contributed by atoms with E-state index in [0.29, 0.717) is 5.92 Å². The molecule has 1 N–H and O–H groups in total. The average Bonchev–Trinajstić information content (AvgIpc) is 2.45. The van der Waals surface area contributed by atoms with Crippen LogP contribution in [-0.2, 0) is 0 Å². The number of anilines is 1. The number of nitrogens with zero attached hydrogens (tertiary/aromatic N) is 2. The molecule has 2 aromatic carbocycles. The molecule has 4 nitrogen and oxygen atoms in total. The van der Waals surface area contributed by atoms with E-state index in [-0.39, 0.29) is 6.03 Å². The van der Waals surface area contributed by atoms with E-state index in [2.05, 4.69) is 10.4 Å². The molecule has 0 radical (unpaired) electrons. The Hall–Kier alpha value is -2.36. The van der Waals surface area contributed by atoms with Crippen molar-refractivity contribution in [3.8, 4) is 0 Å². The second-order valence-corrected chi connectivity index (χ2v) is 4.99. The monoisotopic (exact) mass is 269 g/mol. The summed E-state index contributed by atoms with van der Waals surface area (Å²) in [5.41, 5.74) is 0.791. The number of nitrogens with one attached hydrogen (secondary N) is 1. The maximum absolute atomic E-state index is 12.1. The number of hydrazone groups is 1. The number of urea groups is 1. The summed E-state index contributed by atoms with van der Waals surface area (Å²) in [6.45, 7) is 4.03. The van der Waals surface area contributed by atoms with Gasteiger partial charge in [-0.2, -0.15) is 5.10 Å². The Bertz CT molecular complexity index is 629. The minimum Gasteiger partial charge on any atom is -0.306 e. The summed E-state index contributed by atoms with van der Waals surface area (Å²) in [6, 6.07) is 13.5. The van der Waals surface area contributed by atoms with Crippen LogP contribution in [-0.4, -0.2) is 24.3 Å². The van der Waals surface area contributed by atoms with Crippen molar-refractivity contribution in [3.05, 3.63) is 42.5 Å². The molecule has 20 heavy (non-hydrogen) atoms. The largest absolute Gasteiger partial charge is 0.341 e. The number of fused-ring (bicyclic) bond motifs is 1. The molecule has 4 heteroatoms. The fourth-order valence-corrected chi connectivity index (χ4v) is 1.82. The van der Waals surface area contributed by atoms with E-state index in [4.69, 9.17) is 0 Å². The highest BCUT2D eigenvalue weighted by Crippen LogP contribution is 2.23. The minimum absolute atomic E-state index is 0.252. The van der Waals surface area contributed by atoms with Gasteiger partial charge in [-0.15, -0.1) is 0 Å². The summed E-state index contributed by atoms with van der Waals surface area (Å²) in [5, 5.41) is 10.4. The number of carbonyl (C=O) groups is 1. The normalized spacial score (nSPS) is 11.2. The van der Waals surface area contributed by atoms with Crippen LogP contribution in [0.2, 0.25) is 0 Å². The van der Waals surface area contributed by atoms with Crippen LogP contribution in [0.3, 0.4) is 0 Å². The molecule has 0 unspecified atom stereocenters. The average molecular weight is 269 g/mol. The van der Waals surface area contributed by atoms with Gasteiger partial charge in [0.25, 0.3) is 0 Å². The van der Waals surface area contributed by atoms with Crippen LogP contribution in [0.4, 0.5) is 10.5 Å². The third-order valence-corrected chi connectivity index (χ3v) is 2.86. The zero-order valence-electron chi connectivity index (χ0n) is 12.0. The second kappa shape index (κ2) is 6.19. The van der Waals surface area contributed by atoms with Gasteiger partial charge in [0.05, 0.1) is 5.69 Å². The Labute approximate surface area is 119 Å². The van der Waals surface area contributed by atoms with Crippen molar-refractivity contribution in [1.82, 2.24) is 5.01 Å². The van der Waals surface area contributed by atoms with Gasteiger partial charge in [0.1, 0.15) is 0 Å². The molecule has 0 aliphatic carbocycles. The Morgan fingerprint density at radius 3 is 2.65 bits per heavy atom. The topological polar surface area (TPSA) is 44.7 Å². The number of hydrogen-bond acceptors (Lipinski definition) is 2. The van der Waals surface area contributed by atoms with Crippen molar-refractivity contribution in [1.29, 1.82) is 0 Å². The number of hydrogen-bond donors (Lipinski definition) is 1. The van der Waals surface area contributed by atoms with Crippen LogP contribution in [0, 0.1) is 5.92 Å². The lowest BCUT2D eigenvalue weighted by Crippen LogP contribution is -2.27. The van der Waals surface area contributed by atoms with Crippen molar-refractivity contribution in [2.75, 3.05) is 12.4 Å². The molecule has 104 valence electrons. The van der Waals surface area contributed by atoms with Crippen molar-refractivity contribution in [2.24, 2.45) is 11.0 Å². The number of carbonyl (C=O) groups excluding carboxylic acids is 1. The van der Waals surface area contributed by atoms with E-state index in [9.17, 15) is 4.79 Å². The highest BCUT2D eigenvalue weighted by atomic mass is 16.2. The van der Waals surface area contributed by atoms with Gasteiger partial charge >= 0.3 is 6.03 Å². The van der Waals surface area contributed by atoms with Gasteiger partial charge in [-0.25, -0.2) is 9.80 Å². The highest BCUT2D eigenvalue weighted by Gasteiger charge is 2.09. The summed E-state index contributed by atoms with van der Waals surface area (Å²) in [4.78, 5) is 12.1. The Balaban J connectivity index is 2.18. The van der Waals surface area contributed by atoms with Crippen molar-refractivity contribution in [3.63, 3.8) is 0 Å². The quantitative estimate of drug-likeness (QED) is 0.665. The lowest BCUT2D eigenvalue weighted by atomic mass is 10.1. The third-order valence-electron chi connectivity index (χ3n) is 2.86. The molecule has 0 aliphatic rings. The molecule has 0 aromatic heterocycles. The molecule has 2 amide bonds. The van der Waals surface area contributed by atoms with Gasteiger partial charge < -0.3 is 5.32 Å². The standard InChI is InChI=1S/C16H19N3O/c1-12(2)11-17-19(3)16(20)18-15-10-6-8-13-7-4-5-9-14(13)15/h4-12H,1-3H3,(H,18,20). The van der Waals surface area contributed by atoms with Crippen LogP contribution < -0.4 is 5.32 Å². The van der Waals surface area contributed by atoms with Gasteiger partial charge in [-0.1, -0.05) is 50.2 Å². The number of benzene rings is 2. The molecule has 0 saturated carbocycles. The highest BCUT2D eigenvalue weighted by molar-refractivity contribution is 6.01. The first-order valence-corrected chi connectivity index (χ1v) is 6.64. The third kappa shape index (κ3) is 3.35. The van der Waals surface area contributed by atoms with E-state index in [1.54, 1.807) is 13.3 Å². The molecule has 0 saturated heterocycles. The van der Waals surface area contributed by atoms with Crippen molar-refractivity contribution in [2.45, 2.75) is 13.8 Å². The van der Waals surface area contributed by atoms with Crippen LogP contribution in [0.5, 0.6) is 0 Å². The molecule has 2 rings (SSSR count). The lowest BCUT2D eigenvalue weighted by molar-refractivity contribution is 0.224. The van der Waals surface area contributed by atoms with Gasteiger partial charge in [0.2, 0.25) is 0 Å². The Morgan fingerprint density at radius 1 is 1.20 bits per heavy atom. The molecule has 0 fully saturated rings. The smallest absolute Gasteiger partial charge is 0.306 e. The minimum atomic E-state index is -0.252. The molecule has 0 aliphatic heterocycles. The predicted molar refractivity (Wildman–Crippen MR) is 84.1 cm³/mol. The molecule has 0 atom stereocenters. The zero-order valence-corrected chi connectivity index (χ0v) is 12.0. The van der Waals surface area contributed by atoms with E-state index < -0.39 is 0 Å². The first-order chi connectivity index (χ1) is 9.58. The lowest BCUT2D eigenvalue weighted by Gasteiger charge is -2.14. The molecular formula is C16H19N3O. The Kier molecular flexibility index (Phi) is 4.35. The van der Waals surface area contributed by atoms with Crippen molar-refractivity contribution < 1.29 is 4.79 Å². The van der Waals surface area contributed by atoms with E-state index in [0.717, 1.165) is 16.5 Å². The zero-order chi connectivity index (χ0) is 14.5. The fraction of sp³-hybridized carbons (Fsp3) is 0.250. The second-order valence-electron chi connectivity index (χ2n) is 4.99. The molecule has 2 aromatic rings. The molecule has 0 heterocycles. The fourth-order valence-electron chi connectivity index (χ4n) is 1.82. The first kappa shape index (κ1) is 14.1. The molecular weight excluding hydrogens is 250 g/mol. The predicted octanol–water partition coefficient (Wildman–Crippen LogP) is 3.95.